The zero-order valence-corrected chi connectivity index (χ0v) is 16.8. The monoisotopic (exact) mass is 387 g/mol. The third kappa shape index (κ3) is 4.54. The number of benzene rings is 2. The molecule has 2 aromatic carbocycles. The summed E-state index contributed by atoms with van der Waals surface area (Å²) >= 11 is 0. The maximum absolute atomic E-state index is 12.9. The molecular formula is C23H25N5O. The molecule has 0 spiro atoms. The van der Waals surface area contributed by atoms with Crippen LogP contribution in [0.3, 0.4) is 0 Å². The number of carbonyl (C=O) groups is 1. The summed E-state index contributed by atoms with van der Waals surface area (Å²) in [6.45, 7) is 7.12. The van der Waals surface area contributed by atoms with Crippen molar-refractivity contribution in [2.75, 3.05) is 36.4 Å². The van der Waals surface area contributed by atoms with Crippen molar-refractivity contribution < 1.29 is 4.79 Å². The van der Waals surface area contributed by atoms with Gasteiger partial charge in [-0.3, -0.25) is 4.79 Å². The molecule has 1 aromatic heterocycles. The molecule has 1 amide bonds. The van der Waals surface area contributed by atoms with E-state index >= 15 is 0 Å². The van der Waals surface area contributed by atoms with Crippen LogP contribution in [-0.4, -0.2) is 47.0 Å². The fourth-order valence-corrected chi connectivity index (χ4v) is 3.46. The first kappa shape index (κ1) is 18.9. The molecule has 29 heavy (non-hydrogen) atoms. The number of hydrogen-bond acceptors (Lipinski definition) is 5. The summed E-state index contributed by atoms with van der Waals surface area (Å²) in [5.41, 5.74) is 4.95. The quantitative estimate of drug-likeness (QED) is 0.738. The number of carbonyl (C=O) groups excluding carboxylic acids is 1. The fraction of sp³-hybridized carbons (Fsp3) is 0.261. The Hall–Kier alpha value is -3.41. The van der Waals surface area contributed by atoms with Crippen molar-refractivity contribution in [2.24, 2.45) is 0 Å². The van der Waals surface area contributed by atoms with Gasteiger partial charge in [-0.05, 0) is 49.7 Å². The van der Waals surface area contributed by atoms with E-state index < -0.39 is 0 Å². The smallest absolute Gasteiger partial charge is 0.272 e. The Kier molecular flexibility index (Phi) is 5.42. The minimum atomic E-state index is -0.0525. The van der Waals surface area contributed by atoms with Crippen LogP contribution in [0, 0.1) is 13.8 Å². The van der Waals surface area contributed by atoms with Gasteiger partial charge in [-0.25, -0.2) is 9.97 Å². The predicted octanol–water partition coefficient (Wildman–Crippen LogP) is 3.80. The number of nitrogens with one attached hydrogen (secondary N) is 1. The van der Waals surface area contributed by atoms with Crippen molar-refractivity contribution in [3.63, 3.8) is 0 Å². The normalized spacial score (nSPS) is 14.0. The molecule has 1 saturated heterocycles. The van der Waals surface area contributed by atoms with Gasteiger partial charge in [0.1, 0.15) is 5.69 Å². The Morgan fingerprint density at radius 3 is 2.41 bits per heavy atom. The molecule has 6 heteroatoms. The zero-order chi connectivity index (χ0) is 20.2. The highest BCUT2D eigenvalue weighted by Crippen LogP contribution is 2.19. The highest BCUT2D eigenvalue weighted by molar-refractivity contribution is 5.92. The second-order valence-electron chi connectivity index (χ2n) is 7.37. The van der Waals surface area contributed by atoms with Crippen molar-refractivity contribution in [1.82, 2.24) is 14.9 Å². The molecule has 0 bridgehead atoms. The third-order valence-electron chi connectivity index (χ3n) is 5.12. The van der Waals surface area contributed by atoms with Crippen molar-refractivity contribution in [1.29, 1.82) is 0 Å². The Labute approximate surface area is 171 Å². The van der Waals surface area contributed by atoms with Crippen molar-refractivity contribution >= 4 is 23.2 Å². The lowest BCUT2D eigenvalue weighted by molar-refractivity contribution is 0.0741. The van der Waals surface area contributed by atoms with Crippen LogP contribution in [0.5, 0.6) is 0 Å². The largest absolute Gasteiger partial charge is 0.368 e. The maximum Gasteiger partial charge on any atom is 0.272 e. The molecule has 6 nitrogen and oxygen atoms in total. The Balaban J connectivity index is 1.40. The van der Waals surface area contributed by atoms with E-state index in [9.17, 15) is 4.79 Å². The molecule has 1 fully saturated rings. The molecule has 1 N–H and O–H groups in total. The first-order valence-electron chi connectivity index (χ1n) is 9.86. The van der Waals surface area contributed by atoms with Crippen molar-refractivity contribution in [3.8, 4) is 0 Å². The minimum Gasteiger partial charge on any atom is -0.368 e. The van der Waals surface area contributed by atoms with Crippen molar-refractivity contribution in [2.45, 2.75) is 13.8 Å². The highest BCUT2D eigenvalue weighted by Gasteiger charge is 2.23. The van der Waals surface area contributed by atoms with Gasteiger partial charge in [-0.1, -0.05) is 29.8 Å². The number of anilines is 3. The number of aromatic nitrogens is 2. The molecule has 0 atom stereocenters. The van der Waals surface area contributed by atoms with Crippen LogP contribution in [0.2, 0.25) is 0 Å². The van der Waals surface area contributed by atoms with E-state index in [1.54, 1.807) is 12.3 Å². The van der Waals surface area contributed by atoms with Crippen LogP contribution in [0.25, 0.3) is 0 Å². The molecule has 0 radical (unpaired) electrons. The summed E-state index contributed by atoms with van der Waals surface area (Å²) in [5.74, 6) is 0.376. The average molecular weight is 387 g/mol. The van der Waals surface area contributed by atoms with E-state index in [4.69, 9.17) is 0 Å². The molecule has 0 unspecified atom stereocenters. The van der Waals surface area contributed by atoms with E-state index in [1.165, 1.54) is 16.8 Å². The number of nitrogens with zero attached hydrogens (tertiary/aromatic N) is 4. The first-order chi connectivity index (χ1) is 14.1. The lowest BCUT2D eigenvalue weighted by atomic mass is 10.2. The van der Waals surface area contributed by atoms with Gasteiger partial charge in [0, 0.05) is 43.8 Å². The van der Waals surface area contributed by atoms with E-state index in [2.05, 4.69) is 51.4 Å². The summed E-state index contributed by atoms with van der Waals surface area (Å²) in [4.78, 5) is 25.8. The van der Waals surface area contributed by atoms with E-state index in [0.717, 1.165) is 18.8 Å². The van der Waals surface area contributed by atoms with Crippen LogP contribution < -0.4 is 10.2 Å². The molecule has 0 saturated carbocycles. The summed E-state index contributed by atoms with van der Waals surface area (Å²) < 4.78 is 0. The van der Waals surface area contributed by atoms with Gasteiger partial charge in [0.05, 0.1) is 0 Å². The molecule has 0 aliphatic carbocycles. The van der Waals surface area contributed by atoms with Gasteiger partial charge in [0.15, 0.2) is 0 Å². The van der Waals surface area contributed by atoms with Gasteiger partial charge in [0.25, 0.3) is 5.91 Å². The minimum absolute atomic E-state index is 0.0525. The molecule has 1 aliphatic heterocycles. The topological polar surface area (TPSA) is 61.4 Å². The number of hydrogen-bond donors (Lipinski definition) is 1. The summed E-state index contributed by atoms with van der Waals surface area (Å²) in [6.07, 6.45) is 1.62. The number of aryl methyl sites for hydroxylation is 2. The van der Waals surface area contributed by atoms with E-state index in [0.29, 0.717) is 24.7 Å². The van der Waals surface area contributed by atoms with Gasteiger partial charge < -0.3 is 15.1 Å². The second-order valence-corrected chi connectivity index (χ2v) is 7.37. The maximum atomic E-state index is 12.9. The average Bonchev–Trinajstić information content (AvgIpc) is 2.75. The van der Waals surface area contributed by atoms with Crippen LogP contribution >= 0.6 is 0 Å². The Morgan fingerprint density at radius 1 is 0.931 bits per heavy atom. The summed E-state index contributed by atoms with van der Waals surface area (Å²) in [6, 6.07) is 18.1. The number of piperazine rings is 1. The summed E-state index contributed by atoms with van der Waals surface area (Å²) in [7, 11) is 0. The SMILES string of the molecule is Cc1ccc(Nc2nccc(C(=O)N3CCN(c4cccc(C)c4)CC3)n2)cc1. The van der Waals surface area contributed by atoms with Crippen LogP contribution in [0.15, 0.2) is 60.8 Å². The number of rotatable bonds is 4. The fourth-order valence-electron chi connectivity index (χ4n) is 3.46. The molecule has 1 aliphatic rings. The van der Waals surface area contributed by atoms with E-state index in [-0.39, 0.29) is 5.91 Å². The molecular weight excluding hydrogens is 362 g/mol. The van der Waals surface area contributed by atoms with E-state index in [1.807, 2.05) is 36.1 Å². The second kappa shape index (κ2) is 8.31. The van der Waals surface area contributed by atoms with Crippen LogP contribution in [0.4, 0.5) is 17.3 Å². The summed E-state index contributed by atoms with van der Waals surface area (Å²) in [5, 5.41) is 3.16. The zero-order valence-electron chi connectivity index (χ0n) is 16.8. The Bertz CT molecular complexity index is 994. The van der Waals surface area contributed by atoms with Gasteiger partial charge in [0.2, 0.25) is 5.95 Å². The lowest BCUT2D eigenvalue weighted by Crippen LogP contribution is -2.49. The third-order valence-corrected chi connectivity index (χ3v) is 5.12. The van der Waals surface area contributed by atoms with Crippen LogP contribution in [-0.2, 0) is 0 Å². The number of amides is 1. The van der Waals surface area contributed by atoms with Crippen molar-refractivity contribution in [3.05, 3.63) is 77.6 Å². The Morgan fingerprint density at radius 2 is 1.69 bits per heavy atom. The van der Waals surface area contributed by atoms with Gasteiger partial charge in [-0.15, -0.1) is 0 Å². The van der Waals surface area contributed by atoms with Crippen LogP contribution in [0.1, 0.15) is 21.6 Å². The lowest BCUT2D eigenvalue weighted by Gasteiger charge is -2.36. The molecule has 4 rings (SSSR count). The van der Waals surface area contributed by atoms with Gasteiger partial charge >= 0.3 is 0 Å². The van der Waals surface area contributed by atoms with Gasteiger partial charge in [-0.2, -0.15) is 0 Å². The standard InChI is InChI=1S/C23H25N5O/c1-17-6-8-19(9-7-17)25-23-24-11-10-21(26-23)22(29)28-14-12-27(13-15-28)20-5-3-4-18(2)16-20/h3-11,16H,12-15H2,1-2H3,(H,24,25,26). The predicted molar refractivity (Wildman–Crippen MR) is 116 cm³/mol. The molecule has 148 valence electrons. The molecule has 3 aromatic rings. The first-order valence-corrected chi connectivity index (χ1v) is 9.86. The highest BCUT2D eigenvalue weighted by atomic mass is 16.2. The molecule has 2 heterocycles.